The summed E-state index contributed by atoms with van der Waals surface area (Å²) in [5.74, 6) is -0.116. The molecule has 0 radical (unpaired) electrons. The molecule has 0 unspecified atom stereocenters. The van der Waals surface area contributed by atoms with Crippen molar-refractivity contribution in [2.75, 3.05) is 13.7 Å². The molecule has 0 bridgehead atoms. The van der Waals surface area contributed by atoms with Crippen molar-refractivity contribution < 1.29 is 17.9 Å². The Morgan fingerprint density at radius 3 is 2.34 bits per heavy atom. The SMILES string of the molecule is COc1ccc(S(=O)(=O)N[C@H](C(=O)NCCc2cccc(Cl)c2Cl)C(C)C)cc1. The number of hydrogen-bond donors (Lipinski definition) is 2. The van der Waals surface area contributed by atoms with Crippen LogP contribution in [0.15, 0.2) is 47.4 Å². The third-order valence-electron chi connectivity index (χ3n) is 4.33. The predicted molar refractivity (Wildman–Crippen MR) is 115 cm³/mol. The molecule has 9 heteroatoms. The molecule has 0 aliphatic rings. The number of amides is 1. The van der Waals surface area contributed by atoms with Gasteiger partial charge in [-0.05, 0) is 48.2 Å². The Balaban J connectivity index is 2.03. The van der Waals surface area contributed by atoms with Crippen LogP contribution in [0.2, 0.25) is 10.0 Å². The van der Waals surface area contributed by atoms with E-state index in [1.807, 2.05) is 6.07 Å². The first-order chi connectivity index (χ1) is 13.7. The lowest BCUT2D eigenvalue weighted by molar-refractivity contribution is -0.123. The van der Waals surface area contributed by atoms with Crippen LogP contribution in [0.25, 0.3) is 0 Å². The standard InChI is InChI=1S/C20H24Cl2N2O4S/c1-13(2)19(24-29(26,27)16-9-7-15(28-3)8-10-16)20(25)23-12-11-14-5-4-6-17(21)18(14)22/h4-10,13,19,24H,11-12H2,1-3H3,(H,23,25)/t19-/m0/s1. The van der Waals surface area contributed by atoms with Crippen molar-refractivity contribution in [1.29, 1.82) is 0 Å². The van der Waals surface area contributed by atoms with Gasteiger partial charge in [0.05, 0.1) is 22.1 Å². The van der Waals surface area contributed by atoms with Gasteiger partial charge in [-0.25, -0.2) is 8.42 Å². The van der Waals surface area contributed by atoms with E-state index in [9.17, 15) is 13.2 Å². The van der Waals surface area contributed by atoms with E-state index in [4.69, 9.17) is 27.9 Å². The van der Waals surface area contributed by atoms with Crippen LogP contribution < -0.4 is 14.8 Å². The monoisotopic (exact) mass is 458 g/mol. The Morgan fingerprint density at radius 1 is 1.10 bits per heavy atom. The highest BCUT2D eigenvalue weighted by molar-refractivity contribution is 7.89. The molecule has 2 rings (SSSR count). The summed E-state index contributed by atoms with van der Waals surface area (Å²) in [6.45, 7) is 3.84. The molecule has 1 atom stereocenters. The van der Waals surface area contributed by atoms with Crippen molar-refractivity contribution in [2.24, 2.45) is 5.92 Å². The average Bonchev–Trinajstić information content (AvgIpc) is 2.69. The summed E-state index contributed by atoms with van der Waals surface area (Å²) < 4.78 is 32.9. The Morgan fingerprint density at radius 2 is 1.76 bits per heavy atom. The molecule has 0 saturated carbocycles. The van der Waals surface area contributed by atoms with E-state index in [1.165, 1.54) is 19.2 Å². The van der Waals surface area contributed by atoms with Gasteiger partial charge < -0.3 is 10.1 Å². The normalized spacial score (nSPS) is 12.6. The Hall–Kier alpha value is -1.80. The van der Waals surface area contributed by atoms with Crippen LogP contribution >= 0.6 is 23.2 Å². The zero-order chi connectivity index (χ0) is 21.6. The zero-order valence-electron chi connectivity index (χ0n) is 16.4. The number of sulfonamides is 1. The largest absolute Gasteiger partial charge is 0.497 e. The van der Waals surface area contributed by atoms with E-state index in [-0.39, 0.29) is 10.8 Å². The van der Waals surface area contributed by atoms with Gasteiger partial charge in [0.2, 0.25) is 15.9 Å². The van der Waals surface area contributed by atoms with E-state index in [0.29, 0.717) is 28.8 Å². The summed E-state index contributed by atoms with van der Waals surface area (Å²) in [5, 5.41) is 3.66. The van der Waals surface area contributed by atoms with Gasteiger partial charge in [-0.1, -0.05) is 49.2 Å². The fourth-order valence-corrected chi connectivity index (χ4v) is 4.41. The van der Waals surface area contributed by atoms with Gasteiger partial charge in [0.25, 0.3) is 0 Å². The Labute approximate surface area is 181 Å². The summed E-state index contributed by atoms with van der Waals surface area (Å²) in [5.41, 5.74) is 0.805. The number of carbonyl (C=O) groups excluding carboxylic acids is 1. The molecule has 1 amide bonds. The molecular formula is C20H24Cl2N2O4S. The molecule has 0 aliphatic carbocycles. The Bertz CT molecular complexity index is 947. The lowest BCUT2D eigenvalue weighted by atomic mass is 10.0. The minimum Gasteiger partial charge on any atom is -0.497 e. The number of rotatable bonds is 9. The second-order valence-electron chi connectivity index (χ2n) is 6.77. The Kier molecular flexibility index (Phi) is 8.34. The first-order valence-electron chi connectivity index (χ1n) is 9.02. The first kappa shape index (κ1) is 23.5. The van der Waals surface area contributed by atoms with Crippen molar-refractivity contribution in [3.05, 3.63) is 58.1 Å². The van der Waals surface area contributed by atoms with Crippen molar-refractivity contribution in [3.63, 3.8) is 0 Å². The van der Waals surface area contributed by atoms with Gasteiger partial charge in [0.1, 0.15) is 11.8 Å². The number of nitrogens with one attached hydrogen (secondary N) is 2. The maximum absolute atomic E-state index is 12.7. The van der Waals surface area contributed by atoms with E-state index < -0.39 is 22.0 Å². The molecule has 29 heavy (non-hydrogen) atoms. The quantitative estimate of drug-likeness (QED) is 0.600. The van der Waals surface area contributed by atoms with Crippen LogP contribution in [0.4, 0.5) is 0 Å². The number of methoxy groups -OCH3 is 1. The highest BCUT2D eigenvalue weighted by Gasteiger charge is 2.28. The van der Waals surface area contributed by atoms with Gasteiger partial charge in [-0.3, -0.25) is 4.79 Å². The van der Waals surface area contributed by atoms with Crippen LogP contribution in [0.5, 0.6) is 5.75 Å². The average molecular weight is 459 g/mol. The molecule has 2 aromatic rings. The van der Waals surface area contributed by atoms with E-state index >= 15 is 0 Å². The predicted octanol–water partition coefficient (Wildman–Crippen LogP) is 3.66. The fraction of sp³-hybridized carbons (Fsp3) is 0.350. The highest BCUT2D eigenvalue weighted by atomic mass is 35.5. The molecular weight excluding hydrogens is 435 g/mol. The van der Waals surface area contributed by atoms with Gasteiger partial charge >= 0.3 is 0 Å². The summed E-state index contributed by atoms with van der Waals surface area (Å²) in [6.07, 6.45) is 0.473. The number of ether oxygens (including phenoxy) is 1. The minimum atomic E-state index is -3.87. The lowest BCUT2D eigenvalue weighted by Gasteiger charge is -2.22. The second kappa shape index (κ2) is 10.3. The first-order valence-corrected chi connectivity index (χ1v) is 11.3. The fourth-order valence-electron chi connectivity index (χ4n) is 2.65. The summed E-state index contributed by atoms with van der Waals surface area (Å²) in [6, 6.07) is 10.3. The minimum absolute atomic E-state index is 0.0578. The maximum Gasteiger partial charge on any atom is 0.241 e. The lowest BCUT2D eigenvalue weighted by Crippen LogP contribution is -2.49. The third-order valence-corrected chi connectivity index (χ3v) is 6.64. The zero-order valence-corrected chi connectivity index (χ0v) is 18.7. The molecule has 0 saturated heterocycles. The molecule has 0 heterocycles. The number of halogens is 2. The topological polar surface area (TPSA) is 84.5 Å². The second-order valence-corrected chi connectivity index (χ2v) is 9.27. The van der Waals surface area contributed by atoms with Gasteiger partial charge in [0.15, 0.2) is 0 Å². The van der Waals surface area contributed by atoms with Crippen LogP contribution in [-0.2, 0) is 21.2 Å². The summed E-state index contributed by atoms with van der Waals surface area (Å²) in [7, 11) is -2.37. The summed E-state index contributed by atoms with van der Waals surface area (Å²) >= 11 is 12.1. The van der Waals surface area contributed by atoms with Gasteiger partial charge in [-0.2, -0.15) is 4.72 Å². The van der Waals surface area contributed by atoms with Gasteiger partial charge in [0, 0.05) is 6.54 Å². The van der Waals surface area contributed by atoms with E-state index in [2.05, 4.69) is 10.0 Å². The molecule has 0 aliphatic heterocycles. The third kappa shape index (κ3) is 6.34. The van der Waals surface area contributed by atoms with Crippen LogP contribution in [0.3, 0.4) is 0 Å². The van der Waals surface area contributed by atoms with Crippen molar-refractivity contribution >= 4 is 39.1 Å². The van der Waals surface area contributed by atoms with Crippen molar-refractivity contribution in [1.82, 2.24) is 10.0 Å². The van der Waals surface area contributed by atoms with Gasteiger partial charge in [-0.15, -0.1) is 0 Å². The number of hydrogen-bond acceptors (Lipinski definition) is 4. The molecule has 2 N–H and O–H groups in total. The maximum atomic E-state index is 12.7. The summed E-state index contributed by atoms with van der Waals surface area (Å²) in [4.78, 5) is 12.7. The number of benzene rings is 2. The van der Waals surface area contributed by atoms with Crippen LogP contribution in [0.1, 0.15) is 19.4 Å². The van der Waals surface area contributed by atoms with Crippen LogP contribution in [0, 0.1) is 5.92 Å². The van der Waals surface area contributed by atoms with Crippen LogP contribution in [-0.4, -0.2) is 34.0 Å². The number of carbonyl (C=O) groups is 1. The molecule has 0 spiro atoms. The smallest absolute Gasteiger partial charge is 0.241 e. The molecule has 158 valence electrons. The molecule has 0 fully saturated rings. The highest BCUT2D eigenvalue weighted by Crippen LogP contribution is 2.25. The molecule has 0 aromatic heterocycles. The molecule has 6 nitrogen and oxygen atoms in total. The van der Waals surface area contributed by atoms with E-state index in [1.54, 1.807) is 38.1 Å². The van der Waals surface area contributed by atoms with Crippen molar-refractivity contribution in [3.8, 4) is 5.75 Å². The van der Waals surface area contributed by atoms with E-state index in [0.717, 1.165) is 5.56 Å². The van der Waals surface area contributed by atoms with Crippen molar-refractivity contribution in [2.45, 2.75) is 31.2 Å². The molecule has 2 aromatic carbocycles.